The van der Waals surface area contributed by atoms with E-state index in [2.05, 4.69) is 0 Å². The number of benzene rings is 2. The number of carbonyl (C=O) groups is 1. The molecule has 0 spiro atoms. The zero-order chi connectivity index (χ0) is 14.8. The van der Waals surface area contributed by atoms with E-state index in [1.165, 1.54) is 24.3 Å². The van der Waals surface area contributed by atoms with Gasteiger partial charge >= 0.3 is 0 Å². The van der Waals surface area contributed by atoms with Crippen molar-refractivity contribution in [2.45, 2.75) is 11.8 Å². The topological polar surface area (TPSA) is 94.7 Å². The third-order valence-electron chi connectivity index (χ3n) is 2.63. The van der Waals surface area contributed by atoms with Gasteiger partial charge in [-0.15, -0.1) is 0 Å². The van der Waals surface area contributed by atoms with Crippen LogP contribution in [-0.2, 0) is 10.0 Å². The van der Waals surface area contributed by atoms with Gasteiger partial charge in [-0.2, -0.15) is 0 Å². The van der Waals surface area contributed by atoms with E-state index in [1.807, 2.05) is 17.7 Å². The monoisotopic (exact) mass is 327 g/mol. The fraction of sp³-hybridized carbons (Fsp3) is 0.0714. The van der Waals surface area contributed by atoms with Gasteiger partial charge in [0.15, 0.2) is 0 Å². The smallest absolute Gasteiger partial charge is 0.265 e. The van der Waals surface area contributed by atoms with Gasteiger partial charge in [-0.3, -0.25) is 4.79 Å². The zero-order valence-corrected chi connectivity index (χ0v) is 12.7. The maximum absolute atomic E-state index is 12.0. The zero-order valence-electron chi connectivity index (χ0n) is 11.1. The van der Waals surface area contributed by atoms with Gasteiger partial charge in [-0.25, -0.2) is 13.1 Å². The van der Waals surface area contributed by atoms with Gasteiger partial charge in [0.05, 0.1) is 4.90 Å². The van der Waals surface area contributed by atoms with Crippen molar-refractivity contribution >= 4 is 27.5 Å². The molecule has 0 bridgehead atoms. The van der Waals surface area contributed by atoms with Crippen LogP contribution in [0, 0.1) is 6.92 Å². The molecule has 0 saturated carbocycles. The van der Waals surface area contributed by atoms with Crippen LogP contribution in [0.5, 0.6) is 0 Å². The Balaban J connectivity index is 0.00000220. The lowest BCUT2D eigenvalue weighted by atomic mass is 10.1. The number of nitrogens with one attached hydrogen (secondary N) is 1. The van der Waals surface area contributed by atoms with Crippen molar-refractivity contribution in [1.82, 2.24) is 4.72 Å². The summed E-state index contributed by atoms with van der Waals surface area (Å²) >= 11 is 5.70. The van der Waals surface area contributed by atoms with E-state index in [0.29, 0.717) is 10.6 Å². The number of hydrogen-bond donors (Lipinski definition) is 1. The van der Waals surface area contributed by atoms with Crippen molar-refractivity contribution in [3.63, 3.8) is 0 Å². The molecule has 3 N–H and O–H groups in total. The van der Waals surface area contributed by atoms with Crippen LogP contribution in [0.3, 0.4) is 0 Å². The lowest BCUT2D eigenvalue weighted by Crippen LogP contribution is -2.30. The highest BCUT2D eigenvalue weighted by Crippen LogP contribution is 2.14. The molecule has 0 saturated heterocycles. The summed E-state index contributed by atoms with van der Waals surface area (Å²) in [6.45, 7) is 1.82. The van der Waals surface area contributed by atoms with Crippen LogP contribution in [-0.4, -0.2) is 19.8 Å². The molecule has 0 atom stereocenters. The molecule has 0 aliphatic rings. The molecule has 2 rings (SSSR count). The highest BCUT2D eigenvalue weighted by Gasteiger charge is 2.18. The fourth-order valence-electron chi connectivity index (χ4n) is 1.64. The van der Waals surface area contributed by atoms with E-state index in [-0.39, 0.29) is 10.4 Å². The minimum atomic E-state index is -3.90. The highest BCUT2D eigenvalue weighted by atomic mass is 35.5. The molecule has 1 amide bonds. The SMILES string of the molecule is Cc1cccc(C(=O)NS(=O)(=O)c2ccc(Cl)cc2)c1.O. The number of halogens is 1. The van der Waals surface area contributed by atoms with Gasteiger partial charge in [-0.1, -0.05) is 29.3 Å². The van der Waals surface area contributed by atoms with Crippen LogP contribution in [0.4, 0.5) is 0 Å². The second kappa shape index (κ2) is 6.71. The van der Waals surface area contributed by atoms with Gasteiger partial charge in [0.2, 0.25) is 0 Å². The summed E-state index contributed by atoms with van der Waals surface area (Å²) in [5.74, 6) is -0.663. The Morgan fingerprint density at radius 3 is 2.29 bits per heavy atom. The highest BCUT2D eigenvalue weighted by molar-refractivity contribution is 7.90. The van der Waals surface area contributed by atoms with E-state index in [1.54, 1.807) is 18.2 Å². The number of rotatable bonds is 3. The van der Waals surface area contributed by atoms with E-state index in [0.717, 1.165) is 5.56 Å². The number of carbonyl (C=O) groups excluding carboxylic acids is 1. The maximum Gasteiger partial charge on any atom is 0.265 e. The Bertz CT molecular complexity index is 742. The van der Waals surface area contributed by atoms with E-state index < -0.39 is 15.9 Å². The quantitative estimate of drug-likeness (QED) is 0.933. The molecule has 0 aromatic heterocycles. The summed E-state index contributed by atoms with van der Waals surface area (Å²) in [7, 11) is -3.90. The van der Waals surface area contributed by atoms with Crippen LogP contribution in [0.25, 0.3) is 0 Å². The van der Waals surface area contributed by atoms with Crippen LogP contribution < -0.4 is 4.72 Å². The van der Waals surface area contributed by atoms with Crippen molar-refractivity contribution in [3.05, 3.63) is 64.7 Å². The van der Waals surface area contributed by atoms with Crippen molar-refractivity contribution in [1.29, 1.82) is 0 Å². The second-order valence-electron chi connectivity index (χ2n) is 4.26. The second-order valence-corrected chi connectivity index (χ2v) is 6.38. The first-order valence-electron chi connectivity index (χ1n) is 5.78. The first-order chi connectivity index (χ1) is 9.38. The molecule has 2 aromatic carbocycles. The molecule has 0 aliphatic carbocycles. The van der Waals surface area contributed by atoms with E-state index in [4.69, 9.17) is 11.6 Å². The predicted octanol–water partition coefficient (Wildman–Crippen LogP) is 1.94. The van der Waals surface area contributed by atoms with Gasteiger partial charge < -0.3 is 5.48 Å². The number of amides is 1. The van der Waals surface area contributed by atoms with Gasteiger partial charge in [-0.05, 0) is 43.3 Å². The first-order valence-corrected chi connectivity index (χ1v) is 7.64. The molecule has 0 aliphatic heterocycles. The first kappa shape index (κ1) is 17.2. The molecule has 0 unspecified atom stereocenters. The molecule has 0 fully saturated rings. The van der Waals surface area contributed by atoms with Crippen LogP contribution in [0.15, 0.2) is 53.4 Å². The largest absolute Gasteiger partial charge is 0.412 e. The Hall–Kier alpha value is -1.89. The third-order valence-corrected chi connectivity index (χ3v) is 4.23. The van der Waals surface area contributed by atoms with Crippen molar-refractivity contribution in [2.75, 3.05) is 0 Å². The van der Waals surface area contributed by atoms with Gasteiger partial charge in [0.1, 0.15) is 0 Å². The fourth-order valence-corrected chi connectivity index (χ4v) is 2.74. The Morgan fingerprint density at radius 1 is 1.10 bits per heavy atom. The standard InChI is InChI=1S/C14H12ClNO3S.H2O/c1-10-3-2-4-11(9-10)14(17)16-20(18,19)13-7-5-12(15)6-8-13;/h2-9H,1H3,(H,16,17);1H2. The Morgan fingerprint density at radius 2 is 1.71 bits per heavy atom. The minimum Gasteiger partial charge on any atom is -0.412 e. The van der Waals surface area contributed by atoms with Crippen LogP contribution in [0.1, 0.15) is 15.9 Å². The summed E-state index contributed by atoms with van der Waals surface area (Å²) in [5.41, 5.74) is 1.17. The maximum atomic E-state index is 12.0. The molecule has 112 valence electrons. The molecule has 0 radical (unpaired) electrons. The Kier molecular flexibility index (Phi) is 5.48. The average Bonchev–Trinajstić information content (AvgIpc) is 2.38. The van der Waals surface area contributed by atoms with Gasteiger partial charge in [0, 0.05) is 10.6 Å². The Labute approximate surface area is 127 Å². The molecule has 0 heterocycles. The van der Waals surface area contributed by atoms with Crippen molar-refractivity contribution < 1.29 is 18.7 Å². The van der Waals surface area contributed by atoms with Crippen molar-refractivity contribution in [3.8, 4) is 0 Å². The molecule has 5 nitrogen and oxygen atoms in total. The third kappa shape index (κ3) is 4.29. The molecule has 21 heavy (non-hydrogen) atoms. The average molecular weight is 328 g/mol. The normalized spacial score (nSPS) is 10.6. The lowest BCUT2D eigenvalue weighted by Gasteiger charge is -2.07. The summed E-state index contributed by atoms with van der Waals surface area (Å²) in [6, 6.07) is 12.3. The summed E-state index contributed by atoms with van der Waals surface area (Å²) in [6.07, 6.45) is 0. The number of aryl methyl sites for hydroxylation is 1. The van der Waals surface area contributed by atoms with Crippen LogP contribution >= 0.6 is 11.6 Å². The number of hydrogen-bond acceptors (Lipinski definition) is 3. The van der Waals surface area contributed by atoms with Gasteiger partial charge in [0.25, 0.3) is 15.9 Å². The predicted molar refractivity (Wildman–Crippen MR) is 80.9 cm³/mol. The molecule has 7 heteroatoms. The lowest BCUT2D eigenvalue weighted by molar-refractivity contribution is 0.0981. The summed E-state index contributed by atoms with van der Waals surface area (Å²) in [5, 5.41) is 0.425. The molecule has 2 aromatic rings. The van der Waals surface area contributed by atoms with Crippen LogP contribution in [0.2, 0.25) is 5.02 Å². The number of sulfonamides is 1. The van der Waals surface area contributed by atoms with E-state index >= 15 is 0 Å². The molecular formula is C14H14ClNO4S. The minimum absolute atomic E-state index is 0. The molecular weight excluding hydrogens is 314 g/mol. The summed E-state index contributed by atoms with van der Waals surface area (Å²) in [4.78, 5) is 11.9. The van der Waals surface area contributed by atoms with Crippen molar-refractivity contribution in [2.24, 2.45) is 0 Å². The summed E-state index contributed by atoms with van der Waals surface area (Å²) < 4.78 is 26.1. The van der Waals surface area contributed by atoms with E-state index in [9.17, 15) is 13.2 Å².